The molecule has 0 aliphatic rings. The van der Waals surface area contributed by atoms with Crippen molar-refractivity contribution >= 4 is 40.6 Å². The van der Waals surface area contributed by atoms with Gasteiger partial charge in [0.1, 0.15) is 5.75 Å². The Kier molecular flexibility index (Phi) is 4.71. The van der Waals surface area contributed by atoms with Gasteiger partial charge in [-0.3, -0.25) is 4.79 Å². The van der Waals surface area contributed by atoms with Crippen molar-refractivity contribution in [2.24, 2.45) is 0 Å². The highest BCUT2D eigenvalue weighted by atomic mass is 35.5. The van der Waals surface area contributed by atoms with Crippen LogP contribution in [0.25, 0.3) is 0 Å². The van der Waals surface area contributed by atoms with E-state index < -0.39 is 6.10 Å². The van der Waals surface area contributed by atoms with Crippen LogP contribution in [0.5, 0.6) is 5.75 Å². The number of ketones is 1. The lowest BCUT2D eigenvalue weighted by Gasteiger charge is -2.12. The monoisotopic (exact) mass is 266 g/mol. The van der Waals surface area contributed by atoms with Gasteiger partial charge in [0.2, 0.25) is 0 Å². The zero-order chi connectivity index (χ0) is 11.4. The van der Waals surface area contributed by atoms with Crippen LogP contribution in [0.2, 0.25) is 10.0 Å². The number of carbonyl (C=O) groups is 1. The van der Waals surface area contributed by atoms with Gasteiger partial charge in [-0.1, -0.05) is 23.2 Å². The Morgan fingerprint density at radius 1 is 1.40 bits per heavy atom. The quantitative estimate of drug-likeness (QED) is 0.780. The molecule has 15 heavy (non-hydrogen) atoms. The van der Waals surface area contributed by atoms with Crippen LogP contribution < -0.4 is 4.74 Å². The lowest BCUT2D eigenvalue weighted by molar-refractivity contribution is -0.122. The van der Waals surface area contributed by atoms with Crippen LogP contribution in [0.3, 0.4) is 0 Å². The van der Waals surface area contributed by atoms with Crippen molar-refractivity contribution in [1.82, 2.24) is 0 Å². The molecule has 0 spiro atoms. The maximum Gasteiger partial charge on any atom is 0.187 e. The average Bonchev–Trinajstić information content (AvgIpc) is 2.22. The summed E-state index contributed by atoms with van der Waals surface area (Å²) in [5, 5.41) is 0.833. The van der Waals surface area contributed by atoms with Crippen LogP contribution in [0, 0.1) is 0 Å². The van der Waals surface area contributed by atoms with Gasteiger partial charge in [0, 0.05) is 6.07 Å². The Labute approximate surface area is 103 Å². The topological polar surface area (TPSA) is 26.3 Å². The summed E-state index contributed by atoms with van der Waals surface area (Å²) in [4.78, 5) is 11.2. The molecule has 0 fully saturated rings. The Hall–Kier alpha value is -0.440. The zero-order valence-electron chi connectivity index (χ0n) is 7.97. The van der Waals surface area contributed by atoms with Crippen LogP contribution in [0.15, 0.2) is 18.2 Å². The van der Waals surface area contributed by atoms with Crippen LogP contribution in [-0.4, -0.2) is 17.8 Å². The van der Waals surface area contributed by atoms with Crippen molar-refractivity contribution in [3.8, 4) is 5.75 Å². The van der Waals surface area contributed by atoms with Crippen LogP contribution in [0.1, 0.15) is 6.92 Å². The van der Waals surface area contributed by atoms with E-state index in [0.29, 0.717) is 15.8 Å². The second kappa shape index (κ2) is 5.59. The number of hydrogen-bond donors (Lipinski definition) is 0. The van der Waals surface area contributed by atoms with E-state index in [1.54, 1.807) is 25.1 Å². The minimum atomic E-state index is -0.584. The first kappa shape index (κ1) is 12.6. The number of hydrogen-bond acceptors (Lipinski definition) is 2. The number of Topliss-reactive ketones (excluding diaryl/α,β-unsaturated/α-hetero) is 1. The minimum absolute atomic E-state index is 0.0670. The van der Waals surface area contributed by atoms with Crippen LogP contribution in [-0.2, 0) is 4.79 Å². The maximum absolute atomic E-state index is 11.2. The summed E-state index contributed by atoms with van der Waals surface area (Å²) in [7, 11) is 0. The van der Waals surface area contributed by atoms with Gasteiger partial charge in [-0.2, -0.15) is 0 Å². The summed E-state index contributed by atoms with van der Waals surface area (Å²) < 4.78 is 5.33. The van der Waals surface area contributed by atoms with E-state index >= 15 is 0 Å². The molecule has 1 rings (SSSR count). The maximum atomic E-state index is 11.2. The molecule has 0 saturated heterocycles. The molecule has 0 radical (unpaired) electrons. The Morgan fingerprint density at radius 3 is 2.60 bits per heavy atom. The van der Waals surface area contributed by atoms with E-state index in [0.717, 1.165) is 0 Å². The highest BCUT2D eigenvalue weighted by Crippen LogP contribution is 2.26. The summed E-state index contributed by atoms with van der Waals surface area (Å²) in [5.41, 5.74) is 0. The van der Waals surface area contributed by atoms with Gasteiger partial charge in [-0.05, 0) is 19.1 Å². The summed E-state index contributed by atoms with van der Waals surface area (Å²) in [6, 6.07) is 4.81. The van der Waals surface area contributed by atoms with E-state index in [1.807, 2.05) is 0 Å². The summed E-state index contributed by atoms with van der Waals surface area (Å²) >= 11 is 16.9. The van der Waals surface area contributed by atoms with Gasteiger partial charge >= 0.3 is 0 Å². The lowest BCUT2D eigenvalue weighted by atomic mass is 10.3. The van der Waals surface area contributed by atoms with Crippen molar-refractivity contribution in [1.29, 1.82) is 0 Å². The van der Waals surface area contributed by atoms with Gasteiger partial charge in [0.05, 0.1) is 15.9 Å². The summed E-state index contributed by atoms with van der Waals surface area (Å²) in [6.07, 6.45) is -0.584. The predicted octanol–water partition coefficient (Wildman–Crippen LogP) is 3.57. The number of benzene rings is 1. The third kappa shape index (κ3) is 3.56. The molecule has 1 aromatic carbocycles. The molecule has 82 valence electrons. The van der Waals surface area contributed by atoms with Crippen molar-refractivity contribution in [2.45, 2.75) is 13.0 Å². The molecule has 0 saturated carbocycles. The van der Waals surface area contributed by atoms with E-state index in [4.69, 9.17) is 39.5 Å². The fourth-order valence-electron chi connectivity index (χ4n) is 0.929. The van der Waals surface area contributed by atoms with Crippen molar-refractivity contribution in [2.75, 3.05) is 5.88 Å². The first-order valence-electron chi connectivity index (χ1n) is 4.25. The predicted molar refractivity (Wildman–Crippen MR) is 62.3 cm³/mol. The lowest BCUT2D eigenvalue weighted by Crippen LogP contribution is -2.24. The number of alkyl halides is 1. The number of carbonyl (C=O) groups excluding carboxylic acids is 1. The molecule has 1 aromatic rings. The Morgan fingerprint density at radius 2 is 2.07 bits per heavy atom. The molecule has 0 N–H and O–H groups in total. The third-order valence-electron chi connectivity index (χ3n) is 1.79. The van der Waals surface area contributed by atoms with E-state index in [2.05, 4.69) is 0 Å². The standard InChI is InChI=1S/C10H9Cl3O2/c1-6(10(14)5-11)15-7-2-3-8(12)9(13)4-7/h2-4,6H,5H2,1H3. The van der Waals surface area contributed by atoms with Crippen molar-refractivity contribution < 1.29 is 9.53 Å². The zero-order valence-corrected chi connectivity index (χ0v) is 10.2. The van der Waals surface area contributed by atoms with E-state index in [9.17, 15) is 4.79 Å². The van der Waals surface area contributed by atoms with Crippen LogP contribution in [0.4, 0.5) is 0 Å². The molecule has 0 aliphatic carbocycles. The Bertz CT molecular complexity index is 366. The first-order valence-corrected chi connectivity index (χ1v) is 5.54. The molecule has 0 heterocycles. The second-order valence-electron chi connectivity index (χ2n) is 2.94. The molecule has 5 heteroatoms. The molecule has 0 bridgehead atoms. The third-order valence-corrected chi connectivity index (χ3v) is 2.79. The summed E-state index contributed by atoms with van der Waals surface area (Å²) in [5.74, 6) is 0.251. The SMILES string of the molecule is CC(Oc1ccc(Cl)c(Cl)c1)C(=O)CCl. The first-order chi connectivity index (χ1) is 7.04. The largest absolute Gasteiger partial charge is 0.483 e. The van der Waals surface area contributed by atoms with Gasteiger partial charge in [-0.25, -0.2) is 0 Å². The molecule has 1 unspecified atom stereocenters. The fourth-order valence-corrected chi connectivity index (χ4v) is 1.43. The molecule has 1 atom stereocenters. The number of halogens is 3. The van der Waals surface area contributed by atoms with E-state index in [1.165, 1.54) is 0 Å². The van der Waals surface area contributed by atoms with Gasteiger partial charge in [-0.15, -0.1) is 11.6 Å². The second-order valence-corrected chi connectivity index (χ2v) is 4.02. The van der Waals surface area contributed by atoms with Crippen molar-refractivity contribution in [3.05, 3.63) is 28.2 Å². The smallest absolute Gasteiger partial charge is 0.187 e. The molecule has 0 aromatic heterocycles. The Balaban J connectivity index is 2.73. The minimum Gasteiger partial charge on any atom is -0.483 e. The molecule has 2 nitrogen and oxygen atoms in total. The normalized spacial score (nSPS) is 12.3. The molecular weight excluding hydrogens is 258 g/mol. The van der Waals surface area contributed by atoms with Gasteiger partial charge < -0.3 is 4.74 Å². The molecular formula is C10H9Cl3O2. The van der Waals surface area contributed by atoms with Crippen LogP contribution >= 0.6 is 34.8 Å². The van der Waals surface area contributed by atoms with Gasteiger partial charge in [0.25, 0.3) is 0 Å². The van der Waals surface area contributed by atoms with E-state index in [-0.39, 0.29) is 11.7 Å². The summed E-state index contributed by atoms with van der Waals surface area (Å²) in [6.45, 7) is 1.63. The number of ether oxygens (including phenoxy) is 1. The molecule has 0 amide bonds. The average molecular weight is 268 g/mol. The fraction of sp³-hybridized carbons (Fsp3) is 0.300. The highest BCUT2D eigenvalue weighted by molar-refractivity contribution is 6.42. The molecule has 0 aliphatic heterocycles. The number of rotatable bonds is 4. The van der Waals surface area contributed by atoms with Crippen molar-refractivity contribution in [3.63, 3.8) is 0 Å². The highest BCUT2D eigenvalue weighted by Gasteiger charge is 2.13. The van der Waals surface area contributed by atoms with Gasteiger partial charge in [0.15, 0.2) is 11.9 Å².